The Bertz CT molecular complexity index is 586. The smallest absolute Gasteiger partial charge is 0.389 e. The maximum absolute atomic E-state index is 12.0. The Morgan fingerprint density at radius 3 is 1.96 bits per heavy atom. The zero-order valence-corrected chi connectivity index (χ0v) is 13.2. The molecule has 0 radical (unpaired) electrons. The number of benzene rings is 2. The molecule has 2 aromatic rings. The van der Waals surface area contributed by atoms with Crippen LogP contribution in [0.5, 0.6) is 5.75 Å². The average Bonchev–Trinajstić information content (AvgIpc) is 2.52. The molecule has 1 nitrogen and oxygen atoms in total. The van der Waals surface area contributed by atoms with Gasteiger partial charge >= 0.3 is 6.18 Å². The van der Waals surface area contributed by atoms with E-state index in [1.807, 2.05) is 12.1 Å². The maximum Gasteiger partial charge on any atom is 0.389 e. The zero-order valence-electron chi connectivity index (χ0n) is 13.2. The summed E-state index contributed by atoms with van der Waals surface area (Å²) in [7, 11) is 0. The molecule has 0 atom stereocenters. The molecular weight excluding hydrogens is 301 g/mol. The van der Waals surface area contributed by atoms with Crippen molar-refractivity contribution in [2.24, 2.45) is 0 Å². The van der Waals surface area contributed by atoms with Gasteiger partial charge in [-0.05, 0) is 41.7 Å². The van der Waals surface area contributed by atoms with Gasteiger partial charge in [0.05, 0.1) is 6.61 Å². The fraction of sp³-hybridized carbons (Fsp3) is 0.368. The first kappa shape index (κ1) is 17.4. The molecule has 0 heterocycles. The fourth-order valence-electron chi connectivity index (χ4n) is 2.36. The van der Waals surface area contributed by atoms with Gasteiger partial charge in [0, 0.05) is 6.42 Å². The van der Waals surface area contributed by atoms with E-state index in [-0.39, 0.29) is 13.0 Å². The van der Waals surface area contributed by atoms with Crippen molar-refractivity contribution in [3.05, 3.63) is 54.1 Å². The minimum Gasteiger partial charge on any atom is -0.494 e. The third-order valence-corrected chi connectivity index (χ3v) is 3.55. The van der Waals surface area contributed by atoms with Crippen molar-refractivity contribution < 1.29 is 17.9 Å². The molecule has 0 aromatic heterocycles. The Hall–Kier alpha value is -1.97. The Morgan fingerprint density at radius 2 is 1.43 bits per heavy atom. The van der Waals surface area contributed by atoms with Gasteiger partial charge in [-0.25, -0.2) is 0 Å². The van der Waals surface area contributed by atoms with Crippen molar-refractivity contribution in [1.82, 2.24) is 0 Å². The van der Waals surface area contributed by atoms with Crippen molar-refractivity contribution in [2.75, 3.05) is 6.61 Å². The van der Waals surface area contributed by atoms with E-state index < -0.39 is 12.6 Å². The van der Waals surface area contributed by atoms with Crippen LogP contribution in [0.1, 0.15) is 31.7 Å². The molecular formula is C19H21F3O. The quantitative estimate of drug-likeness (QED) is 0.566. The van der Waals surface area contributed by atoms with E-state index in [0.717, 1.165) is 24.0 Å². The SMILES string of the molecule is CCCc1ccc(-c2ccc(OCCCC(F)(F)F)cc2)cc1. The second kappa shape index (κ2) is 8.04. The average molecular weight is 322 g/mol. The lowest BCUT2D eigenvalue weighted by Crippen LogP contribution is -2.09. The summed E-state index contributed by atoms with van der Waals surface area (Å²) >= 11 is 0. The molecule has 0 aliphatic heterocycles. The molecule has 2 aromatic carbocycles. The summed E-state index contributed by atoms with van der Waals surface area (Å²) in [6.45, 7) is 2.23. The third-order valence-electron chi connectivity index (χ3n) is 3.55. The molecule has 0 saturated carbocycles. The molecule has 23 heavy (non-hydrogen) atoms. The molecule has 0 aliphatic carbocycles. The first-order valence-electron chi connectivity index (χ1n) is 7.87. The standard InChI is InChI=1S/C19H21F3O/c1-2-4-15-5-7-16(8-6-15)17-9-11-18(12-10-17)23-14-3-13-19(20,21)22/h5-12H,2-4,13-14H2,1H3. The molecule has 0 saturated heterocycles. The lowest BCUT2D eigenvalue weighted by Gasteiger charge is -2.09. The predicted molar refractivity (Wildman–Crippen MR) is 86.7 cm³/mol. The summed E-state index contributed by atoms with van der Waals surface area (Å²) in [6.07, 6.45) is -2.75. The summed E-state index contributed by atoms with van der Waals surface area (Å²) in [6, 6.07) is 15.9. The van der Waals surface area contributed by atoms with E-state index in [1.165, 1.54) is 5.56 Å². The number of rotatable bonds is 7. The minimum absolute atomic E-state index is 0.0237. The van der Waals surface area contributed by atoms with Gasteiger partial charge in [-0.2, -0.15) is 13.2 Å². The highest BCUT2D eigenvalue weighted by Gasteiger charge is 2.26. The van der Waals surface area contributed by atoms with E-state index in [4.69, 9.17) is 4.74 Å². The number of ether oxygens (including phenoxy) is 1. The molecule has 4 heteroatoms. The monoisotopic (exact) mass is 322 g/mol. The summed E-state index contributed by atoms with van der Waals surface area (Å²) in [5.41, 5.74) is 3.50. The van der Waals surface area contributed by atoms with Gasteiger partial charge in [0.15, 0.2) is 0 Å². The second-order valence-corrected chi connectivity index (χ2v) is 5.54. The largest absolute Gasteiger partial charge is 0.494 e. The molecule has 124 valence electrons. The van der Waals surface area contributed by atoms with Crippen LogP contribution in [0.25, 0.3) is 11.1 Å². The molecule has 0 bridgehead atoms. The van der Waals surface area contributed by atoms with Gasteiger partial charge in [-0.3, -0.25) is 0 Å². The first-order chi connectivity index (χ1) is 11.0. The molecule has 0 unspecified atom stereocenters. The van der Waals surface area contributed by atoms with E-state index in [9.17, 15) is 13.2 Å². The third kappa shape index (κ3) is 5.97. The number of hydrogen-bond acceptors (Lipinski definition) is 1. The molecule has 0 fully saturated rings. The Labute approximate surface area is 135 Å². The van der Waals surface area contributed by atoms with Gasteiger partial charge in [0.1, 0.15) is 5.75 Å². The molecule has 0 amide bonds. The van der Waals surface area contributed by atoms with Crippen molar-refractivity contribution in [1.29, 1.82) is 0 Å². The lowest BCUT2D eigenvalue weighted by molar-refractivity contribution is -0.136. The van der Waals surface area contributed by atoms with Crippen LogP contribution < -0.4 is 4.74 Å². The Morgan fingerprint density at radius 1 is 0.870 bits per heavy atom. The van der Waals surface area contributed by atoms with E-state index in [0.29, 0.717) is 5.75 Å². The van der Waals surface area contributed by atoms with Crippen LogP contribution in [-0.4, -0.2) is 12.8 Å². The van der Waals surface area contributed by atoms with Crippen molar-refractivity contribution in [3.8, 4) is 16.9 Å². The Kier molecular flexibility index (Phi) is 6.08. The maximum atomic E-state index is 12.0. The van der Waals surface area contributed by atoms with Crippen LogP contribution in [-0.2, 0) is 6.42 Å². The second-order valence-electron chi connectivity index (χ2n) is 5.54. The fourth-order valence-corrected chi connectivity index (χ4v) is 2.36. The lowest BCUT2D eigenvalue weighted by atomic mass is 10.0. The van der Waals surface area contributed by atoms with Gasteiger partial charge < -0.3 is 4.74 Å². The van der Waals surface area contributed by atoms with Crippen LogP contribution in [0, 0.1) is 0 Å². The zero-order chi connectivity index (χ0) is 16.7. The van der Waals surface area contributed by atoms with Crippen molar-refractivity contribution in [2.45, 2.75) is 38.8 Å². The van der Waals surface area contributed by atoms with Crippen LogP contribution in [0.2, 0.25) is 0 Å². The molecule has 0 spiro atoms. The van der Waals surface area contributed by atoms with Crippen LogP contribution in [0.4, 0.5) is 13.2 Å². The summed E-state index contributed by atoms with van der Waals surface area (Å²) in [4.78, 5) is 0. The summed E-state index contributed by atoms with van der Waals surface area (Å²) in [5, 5.41) is 0. The highest BCUT2D eigenvalue weighted by Crippen LogP contribution is 2.24. The summed E-state index contributed by atoms with van der Waals surface area (Å²) < 4.78 is 41.5. The van der Waals surface area contributed by atoms with Crippen LogP contribution in [0.3, 0.4) is 0 Å². The first-order valence-corrected chi connectivity index (χ1v) is 7.87. The topological polar surface area (TPSA) is 9.23 Å². The number of alkyl halides is 3. The minimum atomic E-state index is -4.11. The van der Waals surface area contributed by atoms with E-state index in [2.05, 4.69) is 31.2 Å². The van der Waals surface area contributed by atoms with Crippen molar-refractivity contribution in [3.63, 3.8) is 0 Å². The number of halogens is 3. The molecule has 0 aliphatic rings. The van der Waals surface area contributed by atoms with Crippen molar-refractivity contribution >= 4 is 0 Å². The Balaban J connectivity index is 1.89. The van der Waals surface area contributed by atoms with Gasteiger partial charge in [-0.1, -0.05) is 49.7 Å². The van der Waals surface area contributed by atoms with Gasteiger partial charge in [-0.15, -0.1) is 0 Å². The molecule has 2 rings (SSSR count). The van der Waals surface area contributed by atoms with E-state index >= 15 is 0 Å². The number of aryl methyl sites for hydroxylation is 1. The van der Waals surface area contributed by atoms with Gasteiger partial charge in [0.25, 0.3) is 0 Å². The normalized spacial score (nSPS) is 11.5. The van der Waals surface area contributed by atoms with E-state index in [1.54, 1.807) is 12.1 Å². The highest BCUT2D eigenvalue weighted by molar-refractivity contribution is 5.64. The molecule has 0 N–H and O–H groups in total. The highest BCUT2D eigenvalue weighted by atomic mass is 19.4. The summed E-state index contributed by atoms with van der Waals surface area (Å²) in [5.74, 6) is 0.596. The van der Waals surface area contributed by atoms with Gasteiger partial charge in [0.2, 0.25) is 0 Å². The predicted octanol–water partition coefficient (Wildman–Crippen LogP) is 6.03. The van der Waals surface area contributed by atoms with Crippen LogP contribution in [0.15, 0.2) is 48.5 Å². The van der Waals surface area contributed by atoms with Crippen LogP contribution >= 0.6 is 0 Å². The number of hydrogen-bond donors (Lipinski definition) is 0.